The van der Waals surface area contributed by atoms with E-state index in [1.165, 1.54) is 0 Å². The molecule has 102 valence electrons. The molecule has 6 nitrogen and oxygen atoms in total. The van der Waals surface area contributed by atoms with E-state index in [0.717, 1.165) is 48.8 Å². The van der Waals surface area contributed by atoms with E-state index in [0.29, 0.717) is 0 Å². The first-order chi connectivity index (χ1) is 9.22. The molecule has 2 aromatic rings. The van der Waals surface area contributed by atoms with E-state index in [9.17, 15) is 0 Å². The fourth-order valence-electron chi connectivity index (χ4n) is 1.95. The lowest BCUT2D eigenvalue weighted by Crippen LogP contribution is -2.07. The maximum atomic E-state index is 5.76. The average molecular weight is 261 g/mol. The monoisotopic (exact) mass is 261 g/mol. The van der Waals surface area contributed by atoms with Crippen LogP contribution in [0.25, 0.3) is 11.4 Å². The Morgan fingerprint density at radius 2 is 2.21 bits per heavy atom. The largest absolute Gasteiger partial charge is 0.399 e. The zero-order valence-corrected chi connectivity index (χ0v) is 11.3. The van der Waals surface area contributed by atoms with Crippen LogP contribution in [-0.4, -0.2) is 33.4 Å². The third-order valence-corrected chi connectivity index (χ3v) is 2.89. The molecular weight excluding hydrogens is 242 g/mol. The predicted octanol–water partition coefficient (Wildman–Crippen LogP) is 1.66. The highest BCUT2D eigenvalue weighted by atomic mass is 16.5. The zero-order valence-electron chi connectivity index (χ0n) is 11.3. The molecule has 0 bridgehead atoms. The number of aromatic nitrogens is 4. The molecule has 0 aliphatic carbocycles. The van der Waals surface area contributed by atoms with Gasteiger partial charge >= 0.3 is 0 Å². The van der Waals surface area contributed by atoms with Crippen LogP contribution in [0.3, 0.4) is 0 Å². The Labute approximate surface area is 112 Å². The summed E-state index contributed by atoms with van der Waals surface area (Å²) in [5, 5.41) is 11.9. The van der Waals surface area contributed by atoms with Crippen molar-refractivity contribution in [3.63, 3.8) is 0 Å². The molecule has 6 heteroatoms. The number of nitrogens with two attached hydrogens (primary N) is 1. The third-order valence-electron chi connectivity index (χ3n) is 2.89. The van der Waals surface area contributed by atoms with Gasteiger partial charge in [0.2, 0.25) is 0 Å². The van der Waals surface area contributed by atoms with Crippen LogP contribution < -0.4 is 5.73 Å². The summed E-state index contributed by atoms with van der Waals surface area (Å²) in [4.78, 5) is 0. The van der Waals surface area contributed by atoms with Gasteiger partial charge < -0.3 is 10.5 Å². The number of anilines is 1. The first kappa shape index (κ1) is 13.5. The number of nitrogen functional groups attached to an aromatic ring is 1. The van der Waals surface area contributed by atoms with Gasteiger partial charge in [-0.2, -0.15) is 0 Å². The molecule has 2 rings (SSSR count). The van der Waals surface area contributed by atoms with E-state index < -0.39 is 0 Å². The van der Waals surface area contributed by atoms with E-state index in [-0.39, 0.29) is 0 Å². The molecule has 0 amide bonds. The van der Waals surface area contributed by atoms with Gasteiger partial charge in [-0.25, -0.2) is 4.68 Å². The molecule has 0 saturated heterocycles. The van der Waals surface area contributed by atoms with Crippen molar-refractivity contribution in [3.05, 3.63) is 23.8 Å². The van der Waals surface area contributed by atoms with Gasteiger partial charge in [0.25, 0.3) is 0 Å². The maximum absolute atomic E-state index is 5.76. The van der Waals surface area contributed by atoms with E-state index in [1.54, 1.807) is 4.68 Å². The summed E-state index contributed by atoms with van der Waals surface area (Å²) in [5.74, 6) is 0.772. The molecule has 0 fully saturated rings. The van der Waals surface area contributed by atoms with Crippen LogP contribution in [0.2, 0.25) is 0 Å². The molecule has 0 atom stereocenters. The van der Waals surface area contributed by atoms with E-state index in [2.05, 4.69) is 15.5 Å². The average Bonchev–Trinajstić information content (AvgIpc) is 2.83. The summed E-state index contributed by atoms with van der Waals surface area (Å²) in [7, 11) is 0. The van der Waals surface area contributed by atoms with Crippen LogP contribution in [0.4, 0.5) is 5.69 Å². The summed E-state index contributed by atoms with van der Waals surface area (Å²) in [6.07, 6.45) is 0.889. The topological polar surface area (TPSA) is 78.8 Å². The van der Waals surface area contributed by atoms with Crippen LogP contribution in [0.5, 0.6) is 0 Å². The van der Waals surface area contributed by atoms with E-state index >= 15 is 0 Å². The van der Waals surface area contributed by atoms with Crippen LogP contribution in [0.1, 0.15) is 18.9 Å². The molecule has 19 heavy (non-hydrogen) atoms. The van der Waals surface area contributed by atoms with Gasteiger partial charge in [-0.05, 0) is 54.5 Å². The first-order valence-electron chi connectivity index (χ1n) is 6.42. The Hall–Kier alpha value is -1.95. The summed E-state index contributed by atoms with van der Waals surface area (Å²) in [6.45, 7) is 6.19. The molecule has 2 N–H and O–H groups in total. The lowest BCUT2D eigenvalue weighted by atomic mass is 10.1. The van der Waals surface area contributed by atoms with Crippen molar-refractivity contribution in [1.82, 2.24) is 20.2 Å². The molecule has 1 aromatic heterocycles. The molecular formula is C13H19N5O. The lowest BCUT2D eigenvalue weighted by molar-refractivity contribution is 0.140. The summed E-state index contributed by atoms with van der Waals surface area (Å²) < 4.78 is 7.12. The number of nitrogens with zero attached hydrogens (tertiary/aromatic N) is 4. The Morgan fingerprint density at radius 1 is 1.37 bits per heavy atom. The minimum Gasteiger partial charge on any atom is -0.399 e. The van der Waals surface area contributed by atoms with Crippen molar-refractivity contribution in [2.45, 2.75) is 26.8 Å². The minimum absolute atomic E-state index is 0.719. The number of hydrogen-bond acceptors (Lipinski definition) is 5. The van der Waals surface area contributed by atoms with Crippen LogP contribution in [0, 0.1) is 6.92 Å². The van der Waals surface area contributed by atoms with E-state index in [4.69, 9.17) is 10.5 Å². The number of aryl methyl sites for hydroxylation is 2. The second kappa shape index (κ2) is 6.29. The Bertz CT molecular complexity index is 538. The van der Waals surface area contributed by atoms with Gasteiger partial charge in [0.15, 0.2) is 5.82 Å². The number of ether oxygens (including phenoxy) is 1. The van der Waals surface area contributed by atoms with Crippen LogP contribution in [-0.2, 0) is 11.3 Å². The minimum atomic E-state index is 0.719. The van der Waals surface area contributed by atoms with Crippen molar-refractivity contribution in [2.75, 3.05) is 18.9 Å². The second-order valence-electron chi connectivity index (χ2n) is 4.35. The first-order valence-corrected chi connectivity index (χ1v) is 6.42. The van der Waals surface area contributed by atoms with Gasteiger partial charge in [0.1, 0.15) is 0 Å². The van der Waals surface area contributed by atoms with Gasteiger partial charge in [-0.1, -0.05) is 0 Å². The van der Waals surface area contributed by atoms with E-state index in [1.807, 2.05) is 32.0 Å². The van der Waals surface area contributed by atoms with Gasteiger partial charge in [0.05, 0.1) is 0 Å². The van der Waals surface area contributed by atoms with Gasteiger partial charge in [-0.15, -0.1) is 5.10 Å². The fourth-order valence-corrected chi connectivity index (χ4v) is 1.95. The zero-order chi connectivity index (χ0) is 13.7. The SMILES string of the molecule is CCOCCCn1nnnc1-c1ccc(N)cc1C. The highest BCUT2D eigenvalue weighted by Gasteiger charge is 2.11. The predicted molar refractivity (Wildman–Crippen MR) is 73.5 cm³/mol. The molecule has 0 spiro atoms. The Balaban J connectivity index is 2.14. The standard InChI is InChI=1S/C13H19N5O/c1-3-19-8-4-7-18-13(15-16-17-18)12-6-5-11(14)9-10(12)2/h5-6,9H,3-4,7-8,14H2,1-2H3. The summed E-state index contributed by atoms with van der Waals surface area (Å²) >= 11 is 0. The van der Waals surface area contributed by atoms with Crippen molar-refractivity contribution in [1.29, 1.82) is 0 Å². The summed E-state index contributed by atoms with van der Waals surface area (Å²) in [5.41, 5.74) is 8.58. The third kappa shape index (κ3) is 3.29. The number of benzene rings is 1. The van der Waals surface area contributed by atoms with Crippen molar-refractivity contribution >= 4 is 5.69 Å². The molecule has 0 saturated carbocycles. The van der Waals surface area contributed by atoms with Gasteiger partial charge in [-0.3, -0.25) is 0 Å². The number of hydrogen-bond donors (Lipinski definition) is 1. The lowest BCUT2D eigenvalue weighted by Gasteiger charge is -2.07. The Morgan fingerprint density at radius 3 is 2.95 bits per heavy atom. The normalized spacial score (nSPS) is 10.8. The molecule has 0 aliphatic heterocycles. The van der Waals surface area contributed by atoms with Crippen molar-refractivity contribution in [3.8, 4) is 11.4 Å². The quantitative estimate of drug-likeness (QED) is 0.632. The highest BCUT2D eigenvalue weighted by molar-refractivity contribution is 5.63. The smallest absolute Gasteiger partial charge is 0.182 e. The van der Waals surface area contributed by atoms with Crippen molar-refractivity contribution < 1.29 is 4.74 Å². The fraction of sp³-hybridized carbons (Fsp3) is 0.462. The maximum Gasteiger partial charge on any atom is 0.182 e. The molecule has 0 radical (unpaired) electrons. The molecule has 1 heterocycles. The molecule has 0 unspecified atom stereocenters. The number of rotatable bonds is 6. The number of tetrazole rings is 1. The Kier molecular flexibility index (Phi) is 4.46. The van der Waals surface area contributed by atoms with Crippen molar-refractivity contribution in [2.24, 2.45) is 0 Å². The molecule has 0 aliphatic rings. The van der Waals surface area contributed by atoms with Gasteiger partial charge in [0, 0.05) is 31.0 Å². The van der Waals surface area contributed by atoms with Crippen LogP contribution >= 0.6 is 0 Å². The highest BCUT2D eigenvalue weighted by Crippen LogP contribution is 2.22. The summed E-state index contributed by atoms with van der Waals surface area (Å²) in [6, 6.07) is 5.74. The second-order valence-corrected chi connectivity index (χ2v) is 4.35. The van der Waals surface area contributed by atoms with Crippen LogP contribution in [0.15, 0.2) is 18.2 Å². The molecule has 1 aromatic carbocycles.